The maximum Gasteiger partial charge on any atom is 0.330 e. The number of benzene rings is 1. The van der Waals surface area contributed by atoms with E-state index in [1.807, 2.05) is 0 Å². The molecule has 98 valence electrons. The molecular formula is C12H11N3O4. The second-order valence-electron chi connectivity index (χ2n) is 3.65. The van der Waals surface area contributed by atoms with Gasteiger partial charge in [-0.05, 0) is 13.0 Å². The van der Waals surface area contributed by atoms with Gasteiger partial charge in [0.1, 0.15) is 0 Å². The van der Waals surface area contributed by atoms with Crippen molar-refractivity contribution in [3.63, 3.8) is 0 Å². The van der Waals surface area contributed by atoms with Crippen LogP contribution in [0.3, 0.4) is 0 Å². The van der Waals surface area contributed by atoms with E-state index in [4.69, 9.17) is 4.74 Å². The molecule has 1 aromatic carbocycles. The van der Waals surface area contributed by atoms with Gasteiger partial charge in [0.05, 0.1) is 17.2 Å². The van der Waals surface area contributed by atoms with Crippen molar-refractivity contribution in [1.29, 1.82) is 0 Å². The summed E-state index contributed by atoms with van der Waals surface area (Å²) in [4.78, 5) is 21.5. The van der Waals surface area contributed by atoms with Crippen LogP contribution in [-0.4, -0.2) is 27.7 Å². The van der Waals surface area contributed by atoms with Gasteiger partial charge in [-0.25, -0.2) is 4.79 Å². The number of hydrogen-bond donors (Lipinski definition) is 1. The highest BCUT2D eigenvalue weighted by Crippen LogP contribution is 2.25. The van der Waals surface area contributed by atoms with E-state index in [0.717, 1.165) is 0 Å². The van der Waals surface area contributed by atoms with Crippen LogP contribution in [0.25, 0.3) is 17.0 Å². The fraction of sp³-hybridized carbons (Fsp3) is 0.167. The molecule has 0 atom stereocenters. The lowest BCUT2D eigenvalue weighted by molar-refractivity contribution is -0.383. The first-order valence-electron chi connectivity index (χ1n) is 5.59. The van der Waals surface area contributed by atoms with Crippen molar-refractivity contribution in [2.45, 2.75) is 6.92 Å². The van der Waals surface area contributed by atoms with E-state index < -0.39 is 10.9 Å². The van der Waals surface area contributed by atoms with Crippen molar-refractivity contribution < 1.29 is 14.5 Å². The number of H-pyrrole nitrogens is 1. The number of rotatable bonds is 4. The number of para-hydroxylation sites is 1. The van der Waals surface area contributed by atoms with E-state index in [1.54, 1.807) is 19.1 Å². The zero-order valence-corrected chi connectivity index (χ0v) is 10.1. The van der Waals surface area contributed by atoms with Gasteiger partial charge in [-0.2, -0.15) is 5.10 Å². The predicted octanol–water partition coefficient (Wildman–Crippen LogP) is 2.05. The average molecular weight is 261 g/mol. The van der Waals surface area contributed by atoms with Crippen LogP contribution in [0.2, 0.25) is 0 Å². The molecule has 0 aliphatic heterocycles. The number of carbonyl (C=O) groups is 1. The molecule has 0 aliphatic rings. The Labute approximate surface area is 108 Å². The number of fused-ring (bicyclic) bond motifs is 1. The van der Waals surface area contributed by atoms with E-state index in [-0.39, 0.29) is 11.2 Å². The minimum absolute atomic E-state index is 0.0791. The molecule has 1 heterocycles. The Balaban J connectivity index is 2.39. The zero-order chi connectivity index (χ0) is 13.8. The number of nitrogens with one attached hydrogen (secondary N) is 1. The number of nitrogens with zero attached hydrogens (tertiary/aromatic N) is 2. The van der Waals surface area contributed by atoms with Gasteiger partial charge in [-0.15, -0.1) is 0 Å². The van der Waals surface area contributed by atoms with Gasteiger partial charge in [-0.3, -0.25) is 15.2 Å². The maximum absolute atomic E-state index is 11.2. The number of nitro groups is 1. The van der Waals surface area contributed by atoms with Crippen LogP contribution >= 0.6 is 0 Å². The van der Waals surface area contributed by atoms with Crippen molar-refractivity contribution in [2.24, 2.45) is 0 Å². The Morgan fingerprint density at radius 2 is 2.37 bits per heavy atom. The molecule has 0 aliphatic carbocycles. The van der Waals surface area contributed by atoms with Crippen LogP contribution in [0.15, 0.2) is 24.3 Å². The van der Waals surface area contributed by atoms with Crippen LogP contribution in [-0.2, 0) is 9.53 Å². The van der Waals surface area contributed by atoms with E-state index in [1.165, 1.54) is 18.2 Å². The van der Waals surface area contributed by atoms with Crippen LogP contribution in [0.5, 0.6) is 0 Å². The van der Waals surface area contributed by atoms with Gasteiger partial charge < -0.3 is 4.74 Å². The highest BCUT2D eigenvalue weighted by Gasteiger charge is 2.15. The number of hydrogen-bond acceptors (Lipinski definition) is 5. The quantitative estimate of drug-likeness (QED) is 0.393. The van der Waals surface area contributed by atoms with Gasteiger partial charge in [0.2, 0.25) is 0 Å². The van der Waals surface area contributed by atoms with Gasteiger partial charge in [-0.1, -0.05) is 12.1 Å². The Kier molecular flexibility index (Phi) is 3.56. The minimum Gasteiger partial charge on any atom is -0.463 e. The molecule has 1 aromatic heterocycles. The molecule has 2 rings (SSSR count). The summed E-state index contributed by atoms with van der Waals surface area (Å²) in [6.07, 6.45) is 2.73. The van der Waals surface area contributed by atoms with Gasteiger partial charge >= 0.3 is 5.97 Å². The van der Waals surface area contributed by atoms with Crippen LogP contribution < -0.4 is 0 Å². The number of aromatic nitrogens is 2. The summed E-state index contributed by atoms with van der Waals surface area (Å²) in [6.45, 7) is 2.00. The first kappa shape index (κ1) is 12.7. The van der Waals surface area contributed by atoms with Gasteiger partial charge in [0.25, 0.3) is 5.69 Å². The second kappa shape index (κ2) is 5.30. The summed E-state index contributed by atoms with van der Waals surface area (Å²) in [7, 11) is 0. The molecule has 19 heavy (non-hydrogen) atoms. The number of carbonyl (C=O) groups excluding carboxylic acids is 1. The minimum atomic E-state index is -0.498. The molecule has 0 bridgehead atoms. The van der Waals surface area contributed by atoms with Crippen LogP contribution in [0.1, 0.15) is 12.6 Å². The number of aromatic amines is 1. The largest absolute Gasteiger partial charge is 0.463 e. The van der Waals surface area contributed by atoms with Crippen molar-refractivity contribution >= 4 is 28.6 Å². The predicted molar refractivity (Wildman–Crippen MR) is 68.4 cm³/mol. The van der Waals surface area contributed by atoms with Crippen LogP contribution in [0, 0.1) is 10.1 Å². The molecule has 0 saturated heterocycles. The van der Waals surface area contributed by atoms with Gasteiger partial charge in [0.15, 0.2) is 5.52 Å². The lowest BCUT2D eigenvalue weighted by Crippen LogP contribution is -1.98. The summed E-state index contributed by atoms with van der Waals surface area (Å²) in [5.41, 5.74) is 0.701. The fourth-order valence-electron chi connectivity index (χ4n) is 1.66. The Morgan fingerprint density at radius 3 is 3.05 bits per heavy atom. The van der Waals surface area contributed by atoms with Crippen molar-refractivity contribution in [3.8, 4) is 0 Å². The Bertz CT molecular complexity index is 660. The summed E-state index contributed by atoms with van der Waals surface area (Å²) < 4.78 is 4.75. The Morgan fingerprint density at radius 1 is 1.58 bits per heavy atom. The molecule has 0 radical (unpaired) electrons. The third kappa shape index (κ3) is 2.59. The molecule has 0 unspecified atom stereocenters. The van der Waals surface area contributed by atoms with E-state index in [0.29, 0.717) is 17.7 Å². The Hall–Kier alpha value is -2.70. The average Bonchev–Trinajstić information content (AvgIpc) is 2.79. The molecule has 0 saturated carbocycles. The van der Waals surface area contributed by atoms with E-state index in [2.05, 4.69) is 10.2 Å². The standard InChI is InChI=1S/C12H11N3O4/c1-2-19-11(16)7-6-9-8-4-3-5-10(15(17)18)12(8)14-13-9/h3-7H,2H2,1H3,(H,13,14). The number of nitro benzene ring substituents is 1. The first-order valence-corrected chi connectivity index (χ1v) is 5.59. The second-order valence-corrected chi connectivity index (χ2v) is 3.65. The number of non-ortho nitro benzene ring substituents is 1. The fourth-order valence-corrected chi connectivity index (χ4v) is 1.66. The summed E-state index contributed by atoms with van der Waals surface area (Å²) in [5.74, 6) is -0.476. The molecule has 0 amide bonds. The van der Waals surface area contributed by atoms with Crippen molar-refractivity contribution in [2.75, 3.05) is 6.61 Å². The normalized spacial score (nSPS) is 11.0. The van der Waals surface area contributed by atoms with Crippen molar-refractivity contribution in [1.82, 2.24) is 10.2 Å². The molecule has 7 nitrogen and oxygen atoms in total. The summed E-state index contributed by atoms with van der Waals surface area (Å²) in [5, 5.41) is 18.0. The van der Waals surface area contributed by atoms with E-state index in [9.17, 15) is 14.9 Å². The third-order valence-electron chi connectivity index (χ3n) is 2.46. The molecular weight excluding hydrogens is 250 g/mol. The lowest BCUT2D eigenvalue weighted by Gasteiger charge is -1.94. The van der Waals surface area contributed by atoms with Crippen LogP contribution in [0.4, 0.5) is 5.69 Å². The maximum atomic E-state index is 11.2. The summed E-state index contributed by atoms with van der Waals surface area (Å²) >= 11 is 0. The number of esters is 1. The summed E-state index contributed by atoms with van der Waals surface area (Å²) in [6, 6.07) is 4.64. The van der Waals surface area contributed by atoms with E-state index >= 15 is 0 Å². The molecule has 2 aromatic rings. The third-order valence-corrected chi connectivity index (χ3v) is 2.46. The number of ether oxygens (including phenoxy) is 1. The highest BCUT2D eigenvalue weighted by molar-refractivity contribution is 5.95. The zero-order valence-electron chi connectivity index (χ0n) is 10.1. The topological polar surface area (TPSA) is 98.1 Å². The monoisotopic (exact) mass is 261 g/mol. The molecule has 1 N–H and O–H groups in total. The molecule has 7 heteroatoms. The first-order chi connectivity index (χ1) is 9.13. The lowest BCUT2D eigenvalue weighted by atomic mass is 10.2. The van der Waals surface area contributed by atoms with Gasteiger partial charge in [0, 0.05) is 17.5 Å². The molecule has 0 fully saturated rings. The SMILES string of the molecule is CCOC(=O)C=Cc1[nH]nc2c([N+](=O)[O-])cccc12. The molecule has 0 spiro atoms. The smallest absolute Gasteiger partial charge is 0.330 e. The highest BCUT2D eigenvalue weighted by atomic mass is 16.6. The van der Waals surface area contributed by atoms with Crippen molar-refractivity contribution in [3.05, 3.63) is 40.1 Å².